The first-order chi connectivity index (χ1) is 11.2. The van der Waals surface area contributed by atoms with Crippen LogP contribution >= 0.6 is 36.2 Å². The summed E-state index contributed by atoms with van der Waals surface area (Å²) in [4.78, 5) is 32.8. The standard InChI is InChI=1S/C15H23N5O2S.2ClH/c21-13(20-9-4-16-5-10-20)3-8-19-7-1-2-12(19)14(22)18-15-17-6-11-23-15;;/h6,11-12,16H,1-5,7-10H2,(H,17,18,22);2*1H. The van der Waals surface area contributed by atoms with Crippen molar-refractivity contribution < 1.29 is 9.59 Å². The van der Waals surface area contributed by atoms with E-state index in [4.69, 9.17) is 0 Å². The Balaban J connectivity index is 0.00000156. The van der Waals surface area contributed by atoms with Crippen molar-refractivity contribution >= 4 is 53.1 Å². The molecule has 1 aromatic rings. The molecule has 2 aliphatic rings. The fourth-order valence-corrected chi connectivity index (χ4v) is 3.71. The van der Waals surface area contributed by atoms with E-state index in [2.05, 4.69) is 20.5 Å². The van der Waals surface area contributed by atoms with Crippen LogP contribution in [0, 0.1) is 0 Å². The molecule has 0 bridgehead atoms. The number of hydrogen-bond acceptors (Lipinski definition) is 6. The quantitative estimate of drug-likeness (QED) is 0.763. The number of likely N-dealkylation sites (tertiary alicyclic amines) is 1. The minimum atomic E-state index is -0.144. The molecule has 1 unspecified atom stereocenters. The third-order valence-corrected chi connectivity index (χ3v) is 5.10. The van der Waals surface area contributed by atoms with Crippen molar-refractivity contribution in [1.29, 1.82) is 0 Å². The van der Waals surface area contributed by atoms with Crippen LogP contribution in [0.3, 0.4) is 0 Å². The molecule has 1 atom stereocenters. The summed E-state index contributed by atoms with van der Waals surface area (Å²) in [5.41, 5.74) is 0. The molecule has 142 valence electrons. The highest BCUT2D eigenvalue weighted by atomic mass is 35.5. The fourth-order valence-electron chi connectivity index (χ4n) is 3.18. The number of amides is 2. The lowest BCUT2D eigenvalue weighted by Gasteiger charge is -2.29. The minimum Gasteiger partial charge on any atom is -0.340 e. The number of aromatic nitrogens is 1. The average Bonchev–Trinajstić information content (AvgIpc) is 3.24. The van der Waals surface area contributed by atoms with Crippen molar-refractivity contribution in [2.45, 2.75) is 25.3 Å². The topological polar surface area (TPSA) is 77.6 Å². The lowest BCUT2D eigenvalue weighted by atomic mass is 10.2. The van der Waals surface area contributed by atoms with Gasteiger partial charge in [-0.2, -0.15) is 0 Å². The van der Waals surface area contributed by atoms with Gasteiger partial charge in [-0.15, -0.1) is 36.2 Å². The van der Waals surface area contributed by atoms with Crippen LogP contribution in [0.15, 0.2) is 11.6 Å². The summed E-state index contributed by atoms with van der Waals surface area (Å²) >= 11 is 1.42. The van der Waals surface area contributed by atoms with Crippen molar-refractivity contribution in [3.63, 3.8) is 0 Å². The molecule has 3 heterocycles. The molecule has 2 saturated heterocycles. The number of thiazole rings is 1. The van der Waals surface area contributed by atoms with Gasteiger partial charge in [0.15, 0.2) is 5.13 Å². The van der Waals surface area contributed by atoms with Crippen molar-refractivity contribution in [2.75, 3.05) is 44.6 Å². The second-order valence-electron chi connectivity index (χ2n) is 5.90. The van der Waals surface area contributed by atoms with Crippen LogP contribution in [0.2, 0.25) is 0 Å². The first-order valence-corrected chi connectivity index (χ1v) is 9.05. The maximum atomic E-state index is 12.4. The smallest absolute Gasteiger partial charge is 0.243 e. The van der Waals surface area contributed by atoms with Crippen molar-refractivity contribution in [2.24, 2.45) is 0 Å². The number of nitrogens with zero attached hydrogens (tertiary/aromatic N) is 3. The van der Waals surface area contributed by atoms with Crippen LogP contribution in [0.1, 0.15) is 19.3 Å². The average molecular weight is 410 g/mol. The third-order valence-electron chi connectivity index (χ3n) is 4.41. The van der Waals surface area contributed by atoms with Gasteiger partial charge < -0.3 is 15.5 Å². The summed E-state index contributed by atoms with van der Waals surface area (Å²) < 4.78 is 0. The van der Waals surface area contributed by atoms with E-state index in [-0.39, 0.29) is 42.7 Å². The number of anilines is 1. The Morgan fingerprint density at radius 3 is 2.72 bits per heavy atom. The molecule has 2 fully saturated rings. The zero-order valence-corrected chi connectivity index (χ0v) is 16.4. The van der Waals surface area contributed by atoms with E-state index >= 15 is 0 Å². The van der Waals surface area contributed by atoms with Gasteiger partial charge in [-0.3, -0.25) is 14.5 Å². The Bertz CT molecular complexity index is 540. The van der Waals surface area contributed by atoms with Crippen LogP contribution in [-0.4, -0.2) is 71.9 Å². The van der Waals surface area contributed by atoms with E-state index in [1.54, 1.807) is 6.20 Å². The number of hydrogen-bond donors (Lipinski definition) is 2. The SMILES string of the molecule is Cl.Cl.O=C(Nc1nccs1)C1CCCN1CCC(=O)N1CCNCC1. The maximum absolute atomic E-state index is 12.4. The van der Waals surface area contributed by atoms with E-state index in [0.717, 1.165) is 45.6 Å². The van der Waals surface area contributed by atoms with Gasteiger partial charge in [-0.05, 0) is 19.4 Å². The van der Waals surface area contributed by atoms with E-state index in [9.17, 15) is 9.59 Å². The van der Waals surface area contributed by atoms with Crippen LogP contribution in [0.5, 0.6) is 0 Å². The Kier molecular flexibility index (Phi) is 9.66. The maximum Gasteiger partial charge on any atom is 0.243 e. The van der Waals surface area contributed by atoms with E-state index in [1.165, 1.54) is 11.3 Å². The van der Waals surface area contributed by atoms with Gasteiger partial charge in [0.2, 0.25) is 11.8 Å². The zero-order chi connectivity index (χ0) is 16.1. The highest BCUT2D eigenvalue weighted by Crippen LogP contribution is 2.20. The van der Waals surface area contributed by atoms with Crippen LogP contribution in [-0.2, 0) is 9.59 Å². The lowest BCUT2D eigenvalue weighted by molar-refractivity contribution is -0.132. The summed E-state index contributed by atoms with van der Waals surface area (Å²) in [7, 11) is 0. The molecule has 0 spiro atoms. The molecule has 0 aromatic carbocycles. The van der Waals surface area contributed by atoms with Crippen LogP contribution in [0.4, 0.5) is 5.13 Å². The summed E-state index contributed by atoms with van der Waals surface area (Å²) in [6.07, 6.45) is 4.01. The highest BCUT2D eigenvalue weighted by Gasteiger charge is 2.31. The molecular weight excluding hydrogens is 385 g/mol. The summed E-state index contributed by atoms with van der Waals surface area (Å²) in [5, 5.41) is 8.59. The number of rotatable bonds is 5. The predicted octanol–water partition coefficient (Wildman–Crippen LogP) is 1.21. The van der Waals surface area contributed by atoms with Gasteiger partial charge >= 0.3 is 0 Å². The Labute approximate surface area is 164 Å². The molecule has 0 radical (unpaired) electrons. The van der Waals surface area contributed by atoms with E-state index in [0.29, 0.717) is 18.1 Å². The Morgan fingerprint density at radius 2 is 2.04 bits per heavy atom. The number of carbonyl (C=O) groups excluding carboxylic acids is 2. The molecule has 0 aliphatic carbocycles. The monoisotopic (exact) mass is 409 g/mol. The van der Waals surface area contributed by atoms with Gasteiger partial charge in [-0.1, -0.05) is 0 Å². The number of piperazine rings is 1. The number of carbonyl (C=O) groups is 2. The van der Waals surface area contributed by atoms with Gasteiger partial charge in [0.1, 0.15) is 0 Å². The lowest BCUT2D eigenvalue weighted by Crippen LogP contribution is -2.47. The number of nitrogens with one attached hydrogen (secondary N) is 2. The third kappa shape index (κ3) is 6.07. The predicted molar refractivity (Wildman–Crippen MR) is 104 cm³/mol. The highest BCUT2D eigenvalue weighted by molar-refractivity contribution is 7.13. The summed E-state index contributed by atoms with van der Waals surface area (Å²) in [6.45, 7) is 4.84. The summed E-state index contributed by atoms with van der Waals surface area (Å²) in [6, 6.07) is -0.144. The molecule has 25 heavy (non-hydrogen) atoms. The van der Waals surface area contributed by atoms with Crippen LogP contribution in [0.25, 0.3) is 0 Å². The number of halogens is 2. The van der Waals surface area contributed by atoms with E-state index in [1.807, 2.05) is 10.3 Å². The molecule has 2 N–H and O–H groups in total. The van der Waals surface area contributed by atoms with Gasteiger partial charge in [-0.25, -0.2) is 4.98 Å². The zero-order valence-electron chi connectivity index (χ0n) is 14.0. The normalized spacial score (nSPS) is 20.5. The minimum absolute atomic E-state index is 0. The largest absolute Gasteiger partial charge is 0.340 e. The van der Waals surface area contributed by atoms with Gasteiger partial charge in [0, 0.05) is 50.7 Å². The second kappa shape index (κ2) is 10.9. The molecule has 2 amide bonds. The van der Waals surface area contributed by atoms with Crippen molar-refractivity contribution in [3.8, 4) is 0 Å². The molecule has 3 rings (SSSR count). The molecular formula is C15H25Cl2N5O2S. The first kappa shape index (κ1) is 22.1. The molecule has 2 aliphatic heterocycles. The summed E-state index contributed by atoms with van der Waals surface area (Å²) in [5.74, 6) is 0.185. The van der Waals surface area contributed by atoms with E-state index < -0.39 is 0 Å². The molecule has 1 aromatic heterocycles. The van der Waals surface area contributed by atoms with Gasteiger partial charge in [0.25, 0.3) is 0 Å². The van der Waals surface area contributed by atoms with Crippen molar-refractivity contribution in [1.82, 2.24) is 20.1 Å². The molecule has 0 saturated carbocycles. The van der Waals surface area contributed by atoms with Gasteiger partial charge in [0.05, 0.1) is 6.04 Å². The fraction of sp³-hybridized carbons (Fsp3) is 0.667. The second-order valence-corrected chi connectivity index (χ2v) is 6.80. The first-order valence-electron chi connectivity index (χ1n) is 8.17. The Hall–Kier alpha value is -0.930. The van der Waals surface area contributed by atoms with Crippen LogP contribution < -0.4 is 10.6 Å². The van der Waals surface area contributed by atoms with Crippen molar-refractivity contribution in [3.05, 3.63) is 11.6 Å². The Morgan fingerprint density at radius 1 is 1.28 bits per heavy atom. The molecule has 10 heteroatoms. The molecule has 7 nitrogen and oxygen atoms in total.